The molecule has 6 heterocycles. The number of fused-ring (bicyclic) bond motifs is 2. The molecule has 0 radical (unpaired) electrons. The van der Waals surface area contributed by atoms with Crippen molar-refractivity contribution in [3.05, 3.63) is 199 Å². The number of nitriles is 2. The van der Waals surface area contributed by atoms with Gasteiger partial charge in [-0.05, 0) is 247 Å². The molecule has 0 bridgehead atoms. The number of aryl methyl sites for hydroxylation is 6. The average Bonchev–Trinajstić information content (AvgIpc) is 1.67. The number of hydrogen-bond donors (Lipinski definition) is 2. The van der Waals surface area contributed by atoms with Crippen LogP contribution in [0.2, 0.25) is 0 Å². The number of hydrogen-bond acceptors (Lipinski definition) is 15. The normalized spacial score (nSPS) is 21.8. The Morgan fingerprint density at radius 3 is 1.37 bits per heavy atom. The molecule has 4 aliphatic heterocycles. The van der Waals surface area contributed by atoms with Crippen LogP contribution in [0.1, 0.15) is 170 Å². The Hall–Kier alpha value is -10.9. The topological polar surface area (TPSA) is 256 Å². The number of nitrogens with zero attached hydrogens (tertiary/aromatic N) is 8. The number of rotatable bonds is 18. The van der Waals surface area contributed by atoms with Crippen LogP contribution in [0.5, 0.6) is 0 Å². The minimum absolute atomic E-state index is 0.0170. The van der Waals surface area contributed by atoms with E-state index in [1.54, 1.807) is 6.07 Å². The standard InChI is InChI=1S/C41H38FN5O5.C41H40FN5O4/c1-22-4-5-27(37-23(2)45-52-24(37)3)18-35(22)46(30-8-6-29(7-9-30)41(21-43)12-13-41)20-26-14-25(15-26)16-28-17-31-32(19-33(28)42)40(51)47(39(31)50)34-10-11-36(48)44-38(34)49;1-23-4-5-28(38-24(2)45-51-25(38)3)18-36(23)46(32-8-6-31(7-9-32)41(22-43)12-13-41)20-27-14-26(15-27)16-29-17-30-21-47(40(50)33(30)19-34(29)42)35-10-11-37(48)44-39(35)49/h4-9,17-19,25-26,34H,10-16,20H2,1-3H3,(H,44,48,49);4-9,17-19,26-27,35H,10-16,20-21H2,1-3H3,(H,44,48,49). The van der Waals surface area contributed by atoms with E-state index >= 15 is 8.78 Å². The highest BCUT2D eigenvalue weighted by Crippen LogP contribution is 2.51. The van der Waals surface area contributed by atoms with E-state index < -0.39 is 53.3 Å². The second-order valence-corrected chi connectivity index (χ2v) is 29.9. The van der Waals surface area contributed by atoms with Crippen LogP contribution >= 0.6 is 0 Å². The highest BCUT2D eigenvalue weighted by atomic mass is 19.1. The smallest absolute Gasteiger partial charge is 0.262 e. The number of carbonyl (C=O) groups excluding carboxylic acids is 7. The summed E-state index contributed by atoms with van der Waals surface area (Å²) in [4.78, 5) is 94.9. The lowest BCUT2D eigenvalue weighted by Crippen LogP contribution is -2.54. The summed E-state index contributed by atoms with van der Waals surface area (Å²) in [5.41, 5.74) is 15.6. The summed E-state index contributed by atoms with van der Waals surface area (Å²) < 4.78 is 41.9. The van der Waals surface area contributed by atoms with Crippen molar-refractivity contribution in [2.24, 2.45) is 23.7 Å². The van der Waals surface area contributed by atoms with E-state index in [0.29, 0.717) is 47.3 Å². The highest BCUT2D eigenvalue weighted by molar-refractivity contribution is 6.23. The van der Waals surface area contributed by atoms with Gasteiger partial charge in [-0.15, -0.1) is 0 Å². The number of anilines is 4. The van der Waals surface area contributed by atoms with Gasteiger partial charge in [0.2, 0.25) is 23.6 Å². The molecule has 4 saturated carbocycles. The van der Waals surface area contributed by atoms with Gasteiger partial charge in [0.05, 0.1) is 45.5 Å². The van der Waals surface area contributed by atoms with E-state index in [9.17, 15) is 44.1 Å². The van der Waals surface area contributed by atoms with Gasteiger partial charge in [-0.1, -0.05) is 64.9 Å². The molecule has 6 aromatic carbocycles. The first-order valence-electron chi connectivity index (χ1n) is 35.7. The van der Waals surface area contributed by atoms with Gasteiger partial charge >= 0.3 is 0 Å². The predicted molar refractivity (Wildman–Crippen MR) is 378 cm³/mol. The van der Waals surface area contributed by atoms with Crippen molar-refractivity contribution in [3.8, 4) is 34.4 Å². The maximum absolute atomic E-state index is 15.5. The third-order valence-corrected chi connectivity index (χ3v) is 22.9. The Kier molecular flexibility index (Phi) is 17.4. The summed E-state index contributed by atoms with van der Waals surface area (Å²) in [6.07, 6.45) is 8.62. The highest BCUT2D eigenvalue weighted by Gasteiger charge is 2.48. The zero-order valence-corrected chi connectivity index (χ0v) is 58.4. The molecule has 2 saturated heterocycles. The SMILES string of the molecule is Cc1ccc(-c2c(C)noc2C)cc1N(CC1CC(Cc2cc3c(cc2F)C(=O)N(C2CCC(=O)NC2=O)C3)C1)c1ccc(C2(C#N)CC2)cc1.Cc1ccc(-c2c(C)noc2C)cc1N(CC1CC(Cc2cc3c(cc2F)C(=O)N(C2CCC(=O)NC2=O)C3=O)C1)c1ccc(C2(C#N)CC2)cc1. The van der Waals surface area contributed by atoms with E-state index in [4.69, 9.17) is 9.05 Å². The van der Waals surface area contributed by atoms with Crippen molar-refractivity contribution in [1.29, 1.82) is 10.5 Å². The molecule has 2 unspecified atom stereocenters. The van der Waals surface area contributed by atoms with Crippen LogP contribution in [-0.2, 0) is 49.4 Å². The zero-order chi connectivity index (χ0) is 72.1. The number of halogens is 2. The molecule has 21 heteroatoms. The van der Waals surface area contributed by atoms with Crippen molar-refractivity contribution in [1.82, 2.24) is 30.7 Å². The van der Waals surface area contributed by atoms with E-state index in [2.05, 4.69) is 142 Å². The molecule has 8 aromatic rings. The van der Waals surface area contributed by atoms with Crippen molar-refractivity contribution >= 4 is 64.1 Å². The molecule has 2 atom stereocenters. The molecule has 8 aliphatic rings. The average molecular weight is 1390 g/mol. The Labute approximate surface area is 595 Å². The third kappa shape index (κ3) is 12.6. The molecule has 6 fully saturated rings. The van der Waals surface area contributed by atoms with Gasteiger partial charge in [0, 0.05) is 71.9 Å². The number of nitrogens with one attached hydrogen (secondary N) is 2. The Balaban J connectivity index is 0.000000166. The van der Waals surface area contributed by atoms with Gasteiger partial charge < -0.3 is 23.7 Å². The summed E-state index contributed by atoms with van der Waals surface area (Å²) in [5.74, 6) is -1.92. The Morgan fingerprint density at radius 2 is 0.951 bits per heavy atom. The molecular weight excluding hydrogens is 1310 g/mol. The van der Waals surface area contributed by atoms with Gasteiger partial charge in [-0.2, -0.15) is 10.5 Å². The molecule has 103 heavy (non-hydrogen) atoms. The minimum atomic E-state index is -1.10. The first kappa shape index (κ1) is 67.9. The Morgan fingerprint density at radius 1 is 0.524 bits per heavy atom. The minimum Gasteiger partial charge on any atom is -0.361 e. The second-order valence-electron chi connectivity index (χ2n) is 29.9. The lowest BCUT2D eigenvalue weighted by Gasteiger charge is -2.40. The van der Waals surface area contributed by atoms with Gasteiger partial charge in [0.25, 0.3) is 17.7 Å². The third-order valence-electron chi connectivity index (χ3n) is 22.9. The number of carbonyl (C=O) groups is 7. The summed E-state index contributed by atoms with van der Waals surface area (Å²) in [5, 5.41) is 32.4. The Bertz CT molecular complexity index is 4910. The van der Waals surface area contributed by atoms with E-state index in [1.807, 2.05) is 27.7 Å². The fraction of sp³-hybridized carbons (Fsp3) is 0.378. The van der Waals surface area contributed by atoms with Crippen LogP contribution < -0.4 is 20.4 Å². The maximum atomic E-state index is 15.5. The van der Waals surface area contributed by atoms with Crippen LogP contribution in [0.4, 0.5) is 31.5 Å². The first-order chi connectivity index (χ1) is 49.5. The molecule has 7 amide bonds. The summed E-state index contributed by atoms with van der Waals surface area (Å²) in [6, 6.07) is 38.5. The fourth-order valence-corrected chi connectivity index (χ4v) is 16.7. The lowest BCUT2D eigenvalue weighted by atomic mass is 9.71. The van der Waals surface area contributed by atoms with Gasteiger partial charge in [0.15, 0.2) is 0 Å². The van der Waals surface area contributed by atoms with Crippen LogP contribution in [0.15, 0.2) is 118 Å². The number of aromatic nitrogens is 2. The van der Waals surface area contributed by atoms with Gasteiger partial charge in [0.1, 0.15) is 35.2 Å². The number of imide groups is 3. The predicted octanol–water partition coefficient (Wildman–Crippen LogP) is 13.9. The van der Waals surface area contributed by atoms with Crippen LogP contribution in [-0.4, -0.2) is 86.6 Å². The lowest BCUT2D eigenvalue weighted by molar-refractivity contribution is -0.138. The summed E-state index contributed by atoms with van der Waals surface area (Å²) >= 11 is 0. The van der Waals surface area contributed by atoms with Crippen molar-refractivity contribution in [2.75, 3.05) is 22.9 Å². The zero-order valence-electron chi connectivity index (χ0n) is 58.4. The number of piperidine rings is 2. The van der Waals surface area contributed by atoms with E-state index in [0.717, 1.165) is 171 Å². The van der Waals surface area contributed by atoms with Crippen LogP contribution in [0.25, 0.3) is 22.3 Å². The largest absolute Gasteiger partial charge is 0.361 e. The van der Waals surface area contributed by atoms with Gasteiger partial charge in [-0.25, -0.2) is 8.78 Å². The number of amides is 7. The molecule has 16 rings (SSSR count). The van der Waals surface area contributed by atoms with Crippen molar-refractivity contribution in [3.63, 3.8) is 0 Å². The quantitative estimate of drug-likeness (QED) is 0.0757. The fourth-order valence-electron chi connectivity index (χ4n) is 16.7. The van der Waals surface area contributed by atoms with E-state index in [1.165, 1.54) is 17.0 Å². The van der Waals surface area contributed by atoms with Gasteiger partial charge in [-0.3, -0.25) is 49.1 Å². The molecule has 2 aromatic heterocycles. The molecule has 2 N–H and O–H groups in total. The molecule has 0 spiro atoms. The second kappa shape index (κ2) is 26.5. The van der Waals surface area contributed by atoms with E-state index in [-0.39, 0.29) is 71.9 Å². The molecular formula is C82H78F2N10O9. The maximum Gasteiger partial charge on any atom is 0.262 e. The summed E-state index contributed by atoms with van der Waals surface area (Å²) in [6.45, 7) is 13.7. The van der Waals surface area contributed by atoms with Crippen molar-refractivity contribution < 1.29 is 51.4 Å². The monoisotopic (exact) mass is 1380 g/mol. The van der Waals surface area contributed by atoms with Crippen LogP contribution in [0, 0.1) is 99.5 Å². The number of benzene rings is 6. The molecule has 4 aliphatic carbocycles. The summed E-state index contributed by atoms with van der Waals surface area (Å²) in [7, 11) is 0. The van der Waals surface area contributed by atoms with Crippen molar-refractivity contribution in [2.45, 2.75) is 161 Å². The molecule has 524 valence electrons. The molecule has 19 nitrogen and oxygen atoms in total. The van der Waals surface area contributed by atoms with Crippen LogP contribution in [0.3, 0.4) is 0 Å². The first-order valence-corrected chi connectivity index (χ1v) is 35.7.